The summed E-state index contributed by atoms with van der Waals surface area (Å²) in [6.07, 6.45) is 5.07. The highest BCUT2D eigenvalue weighted by Gasteiger charge is 2.38. The van der Waals surface area contributed by atoms with Crippen molar-refractivity contribution in [2.45, 2.75) is 108 Å². The van der Waals surface area contributed by atoms with E-state index in [1.54, 1.807) is 31.2 Å². The number of aliphatic carboxylic acids is 2. The van der Waals surface area contributed by atoms with E-state index in [1.165, 1.54) is 0 Å². The summed E-state index contributed by atoms with van der Waals surface area (Å²) in [6, 6.07) is 12.1. The number of thiol groups is 1. The third kappa shape index (κ3) is 12.7. The lowest BCUT2D eigenvalue weighted by molar-refractivity contribution is -0.142. The molecule has 3 rings (SSSR count). The molecule has 0 saturated heterocycles. The van der Waals surface area contributed by atoms with Crippen LogP contribution in [0.15, 0.2) is 60.7 Å². The number of carboxylic acid groups (broad SMARTS) is 2. The summed E-state index contributed by atoms with van der Waals surface area (Å²) >= 11 is 4.06. The van der Waals surface area contributed by atoms with Crippen LogP contribution >= 0.6 is 12.6 Å². The molecule has 0 aliphatic heterocycles. The van der Waals surface area contributed by atoms with Crippen molar-refractivity contribution in [3.63, 3.8) is 0 Å². The van der Waals surface area contributed by atoms with Crippen LogP contribution in [0.25, 0.3) is 0 Å². The first-order chi connectivity index (χ1) is 24.9. The van der Waals surface area contributed by atoms with Gasteiger partial charge < -0.3 is 37.2 Å². The minimum atomic E-state index is -1.29. The molecule has 52 heavy (non-hydrogen) atoms. The summed E-state index contributed by atoms with van der Waals surface area (Å²) in [5.41, 5.74) is 7.47. The molecule has 0 heterocycles. The van der Waals surface area contributed by atoms with Crippen molar-refractivity contribution in [2.75, 3.05) is 5.75 Å². The molecule has 1 saturated carbocycles. The molecule has 0 spiro atoms. The van der Waals surface area contributed by atoms with Crippen LogP contribution in [0.3, 0.4) is 0 Å². The Kier molecular flexibility index (Phi) is 17.1. The van der Waals surface area contributed by atoms with E-state index in [4.69, 9.17) is 10.8 Å². The lowest BCUT2D eigenvalue weighted by atomic mass is 9.83. The molecule has 2 aromatic carbocycles. The van der Waals surface area contributed by atoms with Gasteiger partial charge in [0.05, 0.1) is 6.04 Å². The molecule has 6 atom stereocenters. The van der Waals surface area contributed by atoms with E-state index in [2.05, 4.69) is 33.9 Å². The van der Waals surface area contributed by atoms with Gasteiger partial charge in [-0.3, -0.25) is 24.0 Å². The summed E-state index contributed by atoms with van der Waals surface area (Å²) in [7, 11) is 0. The Bertz CT molecular complexity index is 1450. The number of benzene rings is 2. The van der Waals surface area contributed by atoms with Gasteiger partial charge in [0, 0.05) is 18.1 Å². The number of rotatable bonds is 20. The number of amides is 4. The van der Waals surface area contributed by atoms with Crippen LogP contribution in [0.4, 0.5) is 0 Å². The van der Waals surface area contributed by atoms with Gasteiger partial charge in [-0.25, -0.2) is 4.79 Å². The smallest absolute Gasteiger partial charge is 0.327 e. The van der Waals surface area contributed by atoms with Gasteiger partial charge in [0.25, 0.3) is 0 Å². The lowest BCUT2D eigenvalue weighted by Crippen LogP contribution is -2.61. The van der Waals surface area contributed by atoms with Crippen LogP contribution in [-0.2, 0) is 28.8 Å². The Hall–Kier alpha value is -4.43. The fourth-order valence-corrected chi connectivity index (χ4v) is 6.77. The Labute approximate surface area is 310 Å². The highest BCUT2D eigenvalue weighted by Crippen LogP contribution is 2.30. The third-order valence-electron chi connectivity index (χ3n) is 9.75. The Morgan fingerprint density at radius 3 is 1.77 bits per heavy atom. The summed E-state index contributed by atoms with van der Waals surface area (Å²) in [5.74, 6) is -6.24. The van der Waals surface area contributed by atoms with Crippen molar-refractivity contribution < 1.29 is 39.0 Å². The van der Waals surface area contributed by atoms with Crippen LogP contribution < -0.4 is 27.0 Å². The molecule has 0 radical (unpaired) electrons. The van der Waals surface area contributed by atoms with Crippen molar-refractivity contribution in [1.29, 1.82) is 0 Å². The van der Waals surface area contributed by atoms with Gasteiger partial charge in [0.1, 0.15) is 24.2 Å². The zero-order chi connectivity index (χ0) is 38.2. The second-order valence-corrected chi connectivity index (χ2v) is 13.9. The fraction of sp³-hybridized carbons (Fsp3) is 0.526. The zero-order valence-corrected chi connectivity index (χ0v) is 30.7. The first-order valence-electron chi connectivity index (χ1n) is 18.0. The van der Waals surface area contributed by atoms with Gasteiger partial charge in [-0.15, -0.1) is 0 Å². The Morgan fingerprint density at radius 2 is 1.27 bits per heavy atom. The summed E-state index contributed by atoms with van der Waals surface area (Å²) < 4.78 is 0. The molecule has 2 aromatic rings. The number of hydrogen-bond donors (Lipinski definition) is 8. The summed E-state index contributed by atoms with van der Waals surface area (Å²) in [6.45, 7) is 3.63. The van der Waals surface area contributed by atoms with E-state index in [1.807, 2.05) is 43.3 Å². The maximum atomic E-state index is 14.5. The number of hydrogen-bond acceptors (Lipinski definition) is 8. The molecule has 1 fully saturated rings. The van der Waals surface area contributed by atoms with E-state index in [9.17, 15) is 33.9 Å². The molecule has 4 amide bonds. The normalized spacial score (nSPS) is 16.7. The fourth-order valence-electron chi connectivity index (χ4n) is 6.52. The van der Waals surface area contributed by atoms with Gasteiger partial charge in [0.15, 0.2) is 0 Å². The Morgan fingerprint density at radius 1 is 0.750 bits per heavy atom. The van der Waals surface area contributed by atoms with Crippen LogP contribution in [0.5, 0.6) is 0 Å². The molecule has 14 heteroatoms. The maximum Gasteiger partial charge on any atom is 0.327 e. The summed E-state index contributed by atoms with van der Waals surface area (Å²) in [4.78, 5) is 78.5. The van der Waals surface area contributed by atoms with Crippen molar-refractivity contribution in [3.05, 3.63) is 71.8 Å². The van der Waals surface area contributed by atoms with Gasteiger partial charge in [-0.05, 0) is 35.8 Å². The SMILES string of the molecule is CC[C@H](C)[C@H](NC(=O)[C@@H](NC(=O)[C@@H](N)CCC(=O)O)C(c1ccccc1)c1ccccc1)C(=O)N[C@@H](CC1CCCCC1)C(=O)N[C@@H](CS)C(=O)O. The van der Waals surface area contributed by atoms with Crippen molar-refractivity contribution in [1.82, 2.24) is 21.3 Å². The van der Waals surface area contributed by atoms with E-state index >= 15 is 0 Å². The average Bonchev–Trinajstić information content (AvgIpc) is 3.14. The van der Waals surface area contributed by atoms with Crippen LogP contribution in [0.2, 0.25) is 0 Å². The van der Waals surface area contributed by atoms with Crippen molar-refractivity contribution >= 4 is 48.2 Å². The molecule has 0 bridgehead atoms. The van der Waals surface area contributed by atoms with Crippen LogP contribution in [0.1, 0.15) is 88.7 Å². The van der Waals surface area contributed by atoms with Gasteiger partial charge in [-0.2, -0.15) is 12.6 Å². The number of carbonyl (C=O) groups excluding carboxylic acids is 4. The molecule has 1 aliphatic rings. The number of nitrogens with two attached hydrogens (primary N) is 1. The van der Waals surface area contributed by atoms with Crippen molar-refractivity contribution in [3.8, 4) is 0 Å². The second kappa shape index (κ2) is 21.2. The van der Waals surface area contributed by atoms with Gasteiger partial charge in [-0.1, -0.05) is 113 Å². The number of carbonyl (C=O) groups is 6. The third-order valence-corrected chi connectivity index (χ3v) is 10.1. The van der Waals surface area contributed by atoms with Gasteiger partial charge >= 0.3 is 11.9 Å². The van der Waals surface area contributed by atoms with E-state index in [0.717, 1.165) is 32.1 Å². The van der Waals surface area contributed by atoms with E-state index in [-0.39, 0.29) is 24.5 Å². The van der Waals surface area contributed by atoms with E-state index < -0.39 is 77.6 Å². The first kappa shape index (κ1) is 42.0. The quantitative estimate of drug-likeness (QED) is 0.0936. The predicted molar refractivity (Wildman–Crippen MR) is 199 cm³/mol. The molecular formula is C38H53N5O8S. The summed E-state index contributed by atoms with van der Waals surface area (Å²) in [5, 5.41) is 29.6. The molecule has 284 valence electrons. The van der Waals surface area contributed by atoms with Crippen LogP contribution in [0, 0.1) is 11.8 Å². The zero-order valence-electron chi connectivity index (χ0n) is 29.8. The molecule has 13 nitrogen and oxygen atoms in total. The number of nitrogens with one attached hydrogen (secondary N) is 4. The minimum Gasteiger partial charge on any atom is -0.481 e. The molecule has 1 aliphatic carbocycles. The predicted octanol–water partition coefficient (Wildman–Crippen LogP) is 2.98. The highest BCUT2D eigenvalue weighted by atomic mass is 32.1. The van der Waals surface area contributed by atoms with Crippen LogP contribution in [-0.4, -0.2) is 81.7 Å². The molecule has 0 unspecified atom stereocenters. The largest absolute Gasteiger partial charge is 0.481 e. The standard InChI is InChI=1S/C38H53N5O8S/c1-3-23(2)32(36(48)40-28(21-24-13-7-4-8-14-24)35(47)41-29(22-52)38(50)51)42-37(49)33(43-34(46)27(39)19-20-30(44)45)31(25-15-9-5-10-16-25)26-17-11-6-12-18-26/h5-6,9-12,15-18,23-24,27-29,31-33,52H,3-4,7-8,13-14,19-22,39H2,1-2H3,(H,40,48)(H,41,47)(H,42,49)(H,43,46)(H,44,45)(H,50,51)/t23-,27-,28-,29-,32-,33-/m0/s1. The highest BCUT2D eigenvalue weighted by molar-refractivity contribution is 7.80. The van der Waals surface area contributed by atoms with E-state index in [0.29, 0.717) is 24.0 Å². The van der Waals surface area contributed by atoms with Gasteiger partial charge in [0.2, 0.25) is 23.6 Å². The lowest BCUT2D eigenvalue weighted by Gasteiger charge is -2.33. The molecule has 0 aromatic heterocycles. The monoisotopic (exact) mass is 739 g/mol. The topological polar surface area (TPSA) is 217 Å². The average molecular weight is 740 g/mol. The molecule has 8 N–H and O–H groups in total. The first-order valence-corrected chi connectivity index (χ1v) is 18.6. The maximum absolute atomic E-state index is 14.5. The molecular weight excluding hydrogens is 687 g/mol. The second-order valence-electron chi connectivity index (χ2n) is 13.6. The minimum absolute atomic E-state index is 0.142. The Balaban J connectivity index is 1.98. The number of carboxylic acids is 2. The van der Waals surface area contributed by atoms with Crippen molar-refractivity contribution in [2.24, 2.45) is 17.6 Å².